The summed E-state index contributed by atoms with van der Waals surface area (Å²) in [6, 6.07) is 8.16. The molecule has 1 saturated heterocycles. The first kappa shape index (κ1) is 15.6. The number of carbonyl (C=O) groups is 1. The van der Waals surface area contributed by atoms with Crippen molar-refractivity contribution in [3.05, 3.63) is 39.8 Å². The Labute approximate surface area is 141 Å². The maximum absolute atomic E-state index is 11.0. The standard InChI is InChI=1S/C16H17BrN2O2S/c17-13-3-1-11(2-4-13)15-18-14(10-22-15)9-19-7-5-12(6-8-19)16(20)21/h1-4,10,12H,5-9H2,(H,20,21). The Kier molecular flexibility index (Phi) is 4.90. The van der Waals surface area contributed by atoms with Crippen LogP contribution in [0.2, 0.25) is 0 Å². The van der Waals surface area contributed by atoms with E-state index in [1.54, 1.807) is 11.3 Å². The van der Waals surface area contributed by atoms with E-state index in [-0.39, 0.29) is 5.92 Å². The molecule has 0 saturated carbocycles. The van der Waals surface area contributed by atoms with Gasteiger partial charge in [-0.25, -0.2) is 4.98 Å². The Bertz CT molecular complexity index is 648. The molecule has 3 rings (SSSR count). The Hall–Kier alpha value is -1.24. The molecule has 0 unspecified atom stereocenters. The van der Waals surface area contributed by atoms with Gasteiger partial charge in [0, 0.05) is 22.0 Å². The Balaban J connectivity index is 1.60. The number of aliphatic carboxylic acids is 1. The van der Waals surface area contributed by atoms with Gasteiger partial charge in [0.25, 0.3) is 0 Å². The molecule has 1 aromatic carbocycles. The second-order valence-electron chi connectivity index (χ2n) is 5.54. The lowest BCUT2D eigenvalue weighted by Crippen LogP contribution is -2.35. The molecule has 0 aliphatic carbocycles. The first-order valence-electron chi connectivity index (χ1n) is 7.27. The van der Waals surface area contributed by atoms with E-state index in [9.17, 15) is 4.79 Å². The molecular weight excluding hydrogens is 364 g/mol. The Morgan fingerprint density at radius 1 is 1.32 bits per heavy atom. The molecule has 1 aliphatic heterocycles. The average molecular weight is 381 g/mol. The summed E-state index contributed by atoms with van der Waals surface area (Å²) in [6.07, 6.45) is 1.47. The summed E-state index contributed by atoms with van der Waals surface area (Å²) in [7, 11) is 0. The summed E-state index contributed by atoms with van der Waals surface area (Å²) >= 11 is 5.09. The third kappa shape index (κ3) is 3.74. The average Bonchev–Trinajstić information content (AvgIpc) is 2.97. The smallest absolute Gasteiger partial charge is 0.306 e. The van der Waals surface area contributed by atoms with Gasteiger partial charge in [-0.3, -0.25) is 9.69 Å². The maximum Gasteiger partial charge on any atom is 0.306 e. The van der Waals surface area contributed by atoms with E-state index in [0.717, 1.165) is 53.2 Å². The SMILES string of the molecule is O=C(O)C1CCN(Cc2csc(-c3ccc(Br)cc3)n2)CC1. The normalized spacial score (nSPS) is 16.8. The highest BCUT2D eigenvalue weighted by molar-refractivity contribution is 9.10. The number of likely N-dealkylation sites (tertiary alicyclic amines) is 1. The third-order valence-corrected chi connectivity index (χ3v) is 5.43. The largest absolute Gasteiger partial charge is 0.481 e. The number of hydrogen-bond acceptors (Lipinski definition) is 4. The van der Waals surface area contributed by atoms with Crippen LogP contribution in [0, 0.1) is 5.92 Å². The monoisotopic (exact) mass is 380 g/mol. The van der Waals surface area contributed by atoms with E-state index < -0.39 is 5.97 Å². The summed E-state index contributed by atoms with van der Waals surface area (Å²) in [5.41, 5.74) is 2.20. The van der Waals surface area contributed by atoms with Crippen molar-refractivity contribution in [3.8, 4) is 10.6 Å². The number of piperidine rings is 1. The number of aromatic nitrogens is 1. The lowest BCUT2D eigenvalue weighted by Gasteiger charge is -2.29. The molecule has 2 heterocycles. The van der Waals surface area contributed by atoms with Gasteiger partial charge in [-0.15, -0.1) is 11.3 Å². The van der Waals surface area contributed by atoms with E-state index in [1.165, 1.54) is 0 Å². The number of rotatable bonds is 4. The minimum atomic E-state index is -0.661. The van der Waals surface area contributed by atoms with Crippen molar-refractivity contribution in [2.24, 2.45) is 5.92 Å². The van der Waals surface area contributed by atoms with Crippen LogP contribution >= 0.6 is 27.3 Å². The van der Waals surface area contributed by atoms with Crippen LogP contribution in [0.1, 0.15) is 18.5 Å². The van der Waals surface area contributed by atoms with Crippen molar-refractivity contribution in [2.75, 3.05) is 13.1 Å². The van der Waals surface area contributed by atoms with Crippen LogP contribution in [0.25, 0.3) is 10.6 Å². The zero-order chi connectivity index (χ0) is 15.5. The summed E-state index contributed by atoms with van der Waals surface area (Å²) < 4.78 is 1.06. The highest BCUT2D eigenvalue weighted by Gasteiger charge is 2.24. The summed E-state index contributed by atoms with van der Waals surface area (Å²) in [6.45, 7) is 2.48. The van der Waals surface area contributed by atoms with Gasteiger partial charge >= 0.3 is 5.97 Å². The number of thiazole rings is 1. The fraction of sp³-hybridized carbons (Fsp3) is 0.375. The van der Waals surface area contributed by atoms with Crippen molar-refractivity contribution in [1.29, 1.82) is 0 Å². The lowest BCUT2D eigenvalue weighted by atomic mass is 9.97. The predicted octanol–water partition coefficient (Wildman–Crippen LogP) is 3.87. The van der Waals surface area contributed by atoms with E-state index in [4.69, 9.17) is 10.1 Å². The Morgan fingerprint density at radius 2 is 2.00 bits per heavy atom. The molecule has 0 radical (unpaired) electrons. The molecule has 0 bridgehead atoms. The van der Waals surface area contributed by atoms with E-state index in [0.29, 0.717) is 0 Å². The van der Waals surface area contributed by atoms with Gasteiger partial charge in [0.05, 0.1) is 11.6 Å². The van der Waals surface area contributed by atoms with Gasteiger partial charge in [0.1, 0.15) is 5.01 Å². The fourth-order valence-corrected chi connectivity index (χ4v) is 3.75. The zero-order valence-corrected chi connectivity index (χ0v) is 14.4. The second kappa shape index (κ2) is 6.89. The summed E-state index contributed by atoms with van der Waals surface area (Å²) in [5.74, 6) is -0.837. The van der Waals surface area contributed by atoms with Gasteiger partial charge in [0.15, 0.2) is 0 Å². The molecule has 6 heteroatoms. The van der Waals surface area contributed by atoms with Gasteiger partial charge < -0.3 is 5.11 Å². The second-order valence-corrected chi connectivity index (χ2v) is 7.31. The molecule has 1 aliphatic rings. The van der Waals surface area contributed by atoms with Crippen LogP contribution in [-0.2, 0) is 11.3 Å². The number of hydrogen-bond donors (Lipinski definition) is 1. The summed E-state index contributed by atoms with van der Waals surface area (Å²) in [4.78, 5) is 18.0. The van der Waals surface area contributed by atoms with Crippen molar-refractivity contribution < 1.29 is 9.90 Å². The van der Waals surface area contributed by atoms with Crippen LogP contribution in [0.3, 0.4) is 0 Å². The highest BCUT2D eigenvalue weighted by atomic mass is 79.9. The first-order chi connectivity index (χ1) is 10.6. The van der Waals surface area contributed by atoms with Crippen LogP contribution in [0.5, 0.6) is 0 Å². The fourth-order valence-electron chi connectivity index (χ4n) is 2.67. The predicted molar refractivity (Wildman–Crippen MR) is 90.9 cm³/mol. The van der Waals surface area contributed by atoms with Crippen LogP contribution in [0.4, 0.5) is 0 Å². The molecule has 1 aromatic heterocycles. The van der Waals surface area contributed by atoms with Gasteiger partial charge in [0.2, 0.25) is 0 Å². The summed E-state index contributed by atoms with van der Waals surface area (Å²) in [5, 5.41) is 12.2. The maximum atomic E-state index is 11.0. The van der Waals surface area contributed by atoms with Crippen LogP contribution in [0.15, 0.2) is 34.1 Å². The van der Waals surface area contributed by atoms with Crippen LogP contribution < -0.4 is 0 Å². The quantitative estimate of drug-likeness (QED) is 0.874. The van der Waals surface area contributed by atoms with Gasteiger partial charge in [-0.05, 0) is 38.1 Å². The minimum absolute atomic E-state index is 0.176. The number of benzene rings is 1. The van der Waals surface area contributed by atoms with Crippen molar-refractivity contribution >= 4 is 33.2 Å². The highest BCUT2D eigenvalue weighted by Crippen LogP contribution is 2.26. The number of nitrogens with zero attached hydrogens (tertiary/aromatic N) is 2. The number of carboxylic acid groups (broad SMARTS) is 1. The molecule has 0 atom stereocenters. The molecule has 0 amide bonds. The van der Waals surface area contributed by atoms with Crippen molar-refractivity contribution in [1.82, 2.24) is 9.88 Å². The molecule has 4 nitrogen and oxygen atoms in total. The molecule has 22 heavy (non-hydrogen) atoms. The minimum Gasteiger partial charge on any atom is -0.481 e. The van der Waals surface area contributed by atoms with Gasteiger partial charge in [-0.1, -0.05) is 28.1 Å². The zero-order valence-electron chi connectivity index (χ0n) is 12.0. The van der Waals surface area contributed by atoms with E-state index in [2.05, 4.69) is 38.3 Å². The first-order valence-corrected chi connectivity index (χ1v) is 8.94. The molecular formula is C16H17BrN2O2S. The van der Waals surface area contributed by atoms with Crippen molar-refractivity contribution in [3.63, 3.8) is 0 Å². The number of halogens is 1. The molecule has 1 N–H and O–H groups in total. The van der Waals surface area contributed by atoms with Gasteiger partial charge in [-0.2, -0.15) is 0 Å². The van der Waals surface area contributed by atoms with Crippen molar-refractivity contribution in [2.45, 2.75) is 19.4 Å². The molecule has 0 spiro atoms. The topological polar surface area (TPSA) is 53.4 Å². The third-order valence-electron chi connectivity index (χ3n) is 3.97. The van der Waals surface area contributed by atoms with E-state index in [1.807, 2.05) is 12.1 Å². The van der Waals surface area contributed by atoms with Crippen LogP contribution in [-0.4, -0.2) is 34.0 Å². The Morgan fingerprint density at radius 3 is 2.64 bits per heavy atom. The van der Waals surface area contributed by atoms with E-state index >= 15 is 0 Å². The number of carboxylic acids is 1. The lowest BCUT2D eigenvalue weighted by molar-refractivity contribution is -0.143. The molecule has 1 fully saturated rings. The molecule has 2 aromatic rings. The molecule has 116 valence electrons.